The lowest BCUT2D eigenvalue weighted by Crippen LogP contribution is -2.25. The molecule has 0 bridgehead atoms. The maximum absolute atomic E-state index is 13.5. The van der Waals surface area contributed by atoms with E-state index in [-0.39, 0.29) is 12.7 Å². The average Bonchev–Trinajstić information content (AvgIpc) is 3.15. The molecule has 1 amide bonds. The van der Waals surface area contributed by atoms with Crippen LogP contribution in [0.4, 0.5) is 4.39 Å². The van der Waals surface area contributed by atoms with E-state index in [4.69, 9.17) is 9.47 Å². The van der Waals surface area contributed by atoms with Gasteiger partial charge in [0.1, 0.15) is 17.2 Å². The quantitative estimate of drug-likeness (QED) is 0.802. The van der Waals surface area contributed by atoms with E-state index in [2.05, 4.69) is 10.3 Å². The van der Waals surface area contributed by atoms with Crippen LogP contribution in [0.2, 0.25) is 0 Å². The first-order chi connectivity index (χ1) is 11.6. The van der Waals surface area contributed by atoms with E-state index < -0.39 is 5.82 Å². The summed E-state index contributed by atoms with van der Waals surface area (Å²) in [7, 11) is 0. The Labute approximate surface area is 136 Å². The summed E-state index contributed by atoms with van der Waals surface area (Å²) < 4.78 is 25.5. The maximum atomic E-state index is 13.5. The third kappa shape index (κ3) is 2.44. The van der Waals surface area contributed by atoms with Crippen LogP contribution in [-0.4, -0.2) is 22.1 Å². The highest BCUT2D eigenvalue weighted by Crippen LogP contribution is 2.32. The molecule has 4 rings (SSSR count). The van der Waals surface area contributed by atoms with Crippen LogP contribution >= 0.6 is 0 Å². The van der Waals surface area contributed by atoms with Gasteiger partial charge in [0.05, 0.1) is 5.69 Å². The van der Waals surface area contributed by atoms with Gasteiger partial charge in [-0.05, 0) is 36.8 Å². The predicted molar refractivity (Wildman–Crippen MR) is 83.6 cm³/mol. The number of amides is 1. The summed E-state index contributed by atoms with van der Waals surface area (Å²) in [6.07, 6.45) is 1.25. The minimum Gasteiger partial charge on any atom is -0.454 e. The summed E-state index contributed by atoms with van der Waals surface area (Å²) in [5, 5.41) is 2.83. The first-order valence-corrected chi connectivity index (χ1v) is 7.43. The molecule has 3 aromatic rings. The van der Waals surface area contributed by atoms with Crippen LogP contribution in [0.3, 0.4) is 0 Å². The first-order valence-electron chi connectivity index (χ1n) is 7.43. The topological polar surface area (TPSA) is 64.9 Å². The molecule has 0 atom stereocenters. The van der Waals surface area contributed by atoms with E-state index in [0.717, 1.165) is 5.56 Å². The largest absolute Gasteiger partial charge is 0.454 e. The summed E-state index contributed by atoms with van der Waals surface area (Å²) in [5.41, 5.74) is 2.28. The zero-order valence-corrected chi connectivity index (χ0v) is 12.9. The Morgan fingerprint density at radius 2 is 2.12 bits per heavy atom. The summed E-state index contributed by atoms with van der Waals surface area (Å²) in [5.74, 6) is 0.612. The van der Waals surface area contributed by atoms with Gasteiger partial charge >= 0.3 is 0 Å². The second-order valence-electron chi connectivity index (χ2n) is 5.49. The van der Waals surface area contributed by atoms with Crippen LogP contribution in [0.5, 0.6) is 11.5 Å². The van der Waals surface area contributed by atoms with Gasteiger partial charge in [-0.2, -0.15) is 0 Å². The number of aromatic nitrogens is 2. The molecule has 7 heteroatoms. The molecule has 24 heavy (non-hydrogen) atoms. The third-order valence-corrected chi connectivity index (χ3v) is 3.86. The smallest absolute Gasteiger partial charge is 0.270 e. The molecule has 0 unspecified atom stereocenters. The lowest BCUT2D eigenvalue weighted by molar-refractivity contribution is 0.0944. The fourth-order valence-electron chi connectivity index (χ4n) is 2.73. The first kappa shape index (κ1) is 14.5. The van der Waals surface area contributed by atoms with Gasteiger partial charge in [-0.25, -0.2) is 9.37 Å². The molecule has 0 fully saturated rings. The van der Waals surface area contributed by atoms with Gasteiger partial charge in [-0.1, -0.05) is 6.07 Å². The molecule has 3 heterocycles. The Hall–Kier alpha value is -3.09. The number of imidazole rings is 1. The molecule has 0 saturated carbocycles. The minimum absolute atomic E-state index is 0.206. The van der Waals surface area contributed by atoms with Crippen molar-refractivity contribution in [2.24, 2.45) is 0 Å². The monoisotopic (exact) mass is 327 g/mol. The van der Waals surface area contributed by atoms with Gasteiger partial charge in [0.2, 0.25) is 6.79 Å². The molecule has 122 valence electrons. The van der Waals surface area contributed by atoms with Crippen LogP contribution in [0.1, 0.15) is 21.7 Å². The number of benzene rings is 1. The molecule has 1 aliphatic heterocycles. The summed E-state index contributed by atoms with van der Waals surface area (Å²) in [6.45, 7) is 2.25. The zero-order chi connectivity index (χ0) is 16.7. The van der Waals surface area contributed by atoms with E-state index in [0.29, 0.717) is 35.1 Å². The van der Waals surface area contributed by atoms with Crippen LogP contribution in [-0.2, 0) is 6.54 Å². The molecule has 0 spiro atoms. The number of fused-ring (bicyclic) bond motifs is 2. The highest BCUT2D eigenvalue weighted by atomic mass is 19.1. The zero-order valence-electron chi connectivity index (χ0n) is 12.9. The number of pyridine rings is 1. The van der Waals surface area contributed by atoms with E-state index in [1.165, 1.54) is 22.7 Å². The number of hydrogen-bond donors (Lipinski definition) is 1. The van der Waals surface area contributed by atoms with E-state index in [1.807, 2.05) is 12.1 Å². The van der Waals surface area contributed by atoms with E-state index >= 15 is 0 Å². The molecule has 0 saturated heterocycles. The van der Waals surface area contributed by atoms with Gasteiger partial charge in [-0.3, -0.25) is 9.20 Å². The Morgan fingerprint density at radius 1 is 1.29 bits per heavy atom. The molecule has 1 N–H and O–H groups in total. The van der Waals surface area contributed by atoms with Crippen molar-refractivity contribution in [1.29, 1.82) is 0 Å². The van der Waals surface area contributed by atoms with Gasteiger partial charge in [0.25, 0.3) is 5.91 Å². The highest BCUT2D eigenvalue weighted by Gasteiger charge is 2.18. The number of carbonyl (C=O) groups is 1. The standard InChI is InChI=1S/C17H14FN3O3/c1-10-16(21-8-12(18)3-5-15(21)20-10)17(22)19-7-11-2-4-13-14(6-11)24-9-23-13/h2-6,8H,7,9H2,1H3,(H,19,22). The van der Waals surface area contributed by atoms with Gasteiger partial charge in [0.15, 0.2) is 11.5 Å². The highest BCUT2D eigenvalue weighted by molar-refractivity contribution is 5.94. The summed E-state index contributed by atoms with van der Waals surface area (Å²) in [4.78, 5) is 16.8. The second-order valence-corrected chi connectivity index (χ2v) is 5.49. The Bertz CT molecular complexity index is 952. The number of rotatable bonds is 3. The Balaban J connectivity index is 1.56. The number of aryl methyl sites for hydroxylation is 1. The van der Waals surface area contributed by atoms with Crippen molar-refractivity contribution in [1.82, 2.24) is 14.7 Å². The van der Waals surface area contributed by atoms with Crippen molar-refractivity contribution in [3.63, 3.8) is 0 Å². The second kappa shape index (κ2) is 5.52. The lowest BCUT2D eigenvalue weighted by atomic mass is 10.2. The molecule has 6 nitrogen and oxygen atoms in total. The Kier molecular flexibility index (Phi) is 3.34. The molecular formula is C17H14FN3O3. The molecule has 1 aliphatic rings. The van der Waals surface area contributed by atoms with Crippen LogP contribution in [0.15, 0.2) is 36.5 Å². The fourth-order valence-corrected chi connectivity index (χ4v) is 2.73. The average molecular weight is 327 g/mol. The van der Waals surface area contributed by atoms with Gasteiger partial charge in [0, 0.05) is 12.7 Å². The number of hydrogen-bond acceptors (Lipinski definition) is 4. The molecule has 1 aromatic carbocycles. The molecular weight excluding hydrogens is 313 g/mol. The van der Waals surface area contributed by atoms with Crippen molar-refractivity contribution in [3.05, 3.63) is 59.3 Å². The van der Waals surface area contributed by atoms with Crippen LogP contribution < -0.4 is 14.8 Å². The SMILES string of the molecule is Cc1nc2ccc(F)cn2c1C(=O)NCc1ccc2c(c1)OCO2. The van der Waals surface area contributed by atoms with E-state index in [1.54, 1.807) is 13.0 Å². The number of ether oxygens (including phenoxy) is 2. The fraction of sp³-hybridized carbons (Fsp3) is 0.176. The number of halogens is 1. The van der Waals surface area contributed by atoms with Crippen LogP contribution in [0, 0.1) is 12.7 Å². The number of nitrogens with one attached hydrogen (secondary N) is 1. The number of carbonyl (C=O) groups excluding carboxylic acids is 1. The Morgan fingerprint density at radius 3 is 3.00 bits per heavy atom. The van der Waals surface area contributed by atoms with E-state index in [9.17, 15) is 9.18 Å². The van der Waals surface area contributed by atoms with Crippen molar-refractivity contribution in [3.8, 4) is 11.5 Å². The normalized spacial score (nSPS) is 12.6. The third-order valence-electron chi connectivity index (χ3n) is 3.86. The minimum atomic E-state index is -0.426. The lowest BCUT2D eigenvalue weighted by Gasteiger charge is -2.07. The van der Waals surface area contributed by atoms with Crippen molar-refractivity contribution in [2.75, 3.05) is 6.79 Å². The maximum Gasteiger partial charge on any atom is 0.270 e. The predicted octanol–water partition coefficient (Wildman–Crippen LogP) is 2.44. The van der Waals surface area contributed by atoms with Crippen LogP contribution in [0.25, 0.3) is 5.65 Å². The van der Waals surface area contributed by atoms with Gasteiger partial charge in [-0.15, -0.1) is 0 Å². The van der Waals surface area contributed by atoms with Crippen molar-refractivity contribution >= 4 is 11.6 Å². The molecule has 0 aliphatic carbocycles. The summed E-state index contributed by atoms with van der Waals surface area (Å²) in [6, 6.07) is 8.34. The van der Waals surface area contributed by atoms with Crippen molar-refractivity contribution in [2.45, 2.75) is 13.5 Å². The summed E-state index contributed by atoms with van der Waals surface area (Å²) >= 11 is 0. The molecule has 2 aromatic heterocycles. The molecule has 0 radical (unpaired) electrons. The van der Waals surface area contributed by atoms with Gasteiger partial charge < -0.3 is 14.8 Å². The number of nitrogens with zero attached hydrogens (tertiary/aromatic N) is 2. The van der Waals surface area contributed by atoms with Crippen molar-refractivity contribution < 1.29 is 18.7 Å².